The second kappa shape index (κ2) is 4.33. The van der Waals surface area contributed by atoms with Gasteiger partial charge in [0.05, 0.1) is 6.10 Å². The summed E-state index contributed by atoms with van der Waals surface area (Å²) in [4.78, 5) is 12.4. The first-order valence-corrected chi connectivity index (χ1v) is 7.74. The highest BCUT2D eigenvalue weighted by atomic mass is 16.3. The quantitative estimate of drug-likeness (QED) is 0.717. The van der Waals surface area contributed by atoms with E-state index in [0.29, 0.717) is 34.9 Å². The van der Waals surface area contributed by atoms with Crippen molar-refractivity contribution in [3.63, 3.8) is 0 Å². The van der Waals surface area contributed by atoms with Gasteiger partial charge in [0, 0.05) is 11.8 Å². The summed E-state index contributed by atoms with van der Waals surface area (Å²) in [5, 5.41) is 9.89. The Morgan fingerprint density at radius 1 is 1.17 bits per heavy atom. The van der Waals surface area contributed by atoms with E-state index in [2.05, 4.69) is 13.8 Å². The van der Waals surface area contributed by atoms with E-state index in [0.717, 1.165) is 38.5 Å². The van der Waals surface area contributed by atoms with Gasteiger partial charge in [0.25, 0.3) is 0 Å². The Kier molecular flexibility index (Phi) is 3.04. The van der Waals surface area contributed by atoms with Gasteiger partial charge in [0.1, 0.15) is 5.78 Å². The number of aliphatic hydroxyl groups excluding tert-OH is 1. The average molecular weight is 250 g/mol. The number of hydrogen-bond acceptors (Lipinski definition) is 2. The standard InChI is InChI=1S/C16H26O2/c1-10-3-6-14-13(15(10)18)5-4-11-9-12(17)7-8-16(11,14)2/h10-14,17H,3-9H2,1-2H3/t10-,11-,12+,13+,14-,16+/m1/s1. The van der Waals surface area contributed by atoms with Crippen LogP contribution in [-0.2, 0) is 4.79 Å². The van der Waals surface area contributed by atoms with Gasteiger partial charge in [-0.15, -0.1) is 0 Å². The molecule has 3 fully saturated rings. The highest BCUT2D eigenvalue weighted by Crippen LogP contribution is 2.58. The van der Waals surface area contributed by atoms with E-state index < -0.39 is 0 Å². The fourth-order valence-electron chi connectivity index (χ4n) is 5.18. The van der Waals surface area contributed by atoms with Crippen molar-refractivity contribution >= 4 is 5.78 Å². The van der Waals surface area contributed by atoms with Crippen molar-refractivity contribution in [1.29, 1.82) is 0 Å². The van der Waals surface area contributed by atoms with E-state index in [-0.39, 0.29) is 6.10 Å². The second-order valence-corrected chi connectivity index (χ2v) is 7.30. The van der Waals surface area contributed by atoms with E-state index in [1.165, 1.54) is 6.42 Å². The number of aliphatic hydroxyl groups is 1. The van der Waals surface area contributed by atoms with Crippen LogP contribution in [0.5, 0.6) is 0 Å². The third-order valence-corrected chi connectivity index (χ3v) is 6.43. The molecule has 0 aliphatic heterocycles. The van der Waals surface area contributed by atoms with E-state index in [4.69, 9.17) is 0 Å². The lowest BCUT2D eigenvalue weighted by Gasteiger charge is -2.56. The summed E-state index contributed by atoms with van der Waals surface area (Å²) in [7, 11) is 0. The molecule has 0 radical (unpaired) electrons. The number of fused-ring (bicyclic) bond motifs is 3. The van der Waals surface area contributed by atoms with E-state index in [9.17, 15) is 9.90 Å². The molecule has 0 amide bonds. The minimum Gasteiger partial charge on any atom is -0.393 e. The van der Waals surface area contributed by atoms with Gasteiger partial charge in [-0.05, 0) is 62.2 Å². The summed E-state index contributed by atoms with van der Waals surface area (Å²) in [6.07, 6.45) is 7.53. The monoisotopic (exact) mass is 250 g/mol. The van der Waals surface area contributed by atoms with Crippen LogP contribution in [0.25, 0.3) is 0 Å². The molecule has 3 rings (SSSR count). The molecule has 0 bridgehead atoms. The van der Waals surface area contributed by atoms with Crippen molar-refractivity contribution in [3.8, 4) is 0 Å². The molecule has 102 valence electrons. The molecule has 0 aromatic rings. The van der Waals surface area contributed by atoms with Crippen molar-refractivity contribution < 1.29 is 9.90 Å². The van der Waals surface area contributed by atoms with Crippen LogP contribution in [0.2, 0.25) is 0 Å². The zero-order valence-corrected chi connectivity index (χ0v) is 11.7. The zero-order valence-electron chi connectivity index (χ0n) is 11.7. The van der Waals surface area contributed by atoms with Crippen molar-refractivity contribution in [3.05, 3.63) is 0 Å². The molecule has 0 unspecified atom stereocenters. The number of carbonyl (C=O) groups excluding carboxylic acids is 1. The molecular weight excluding hydrogens is 224 g/mol. The maximum atomic E-state index is 12.4. The van der Waals surface area contributed by atoms with Crippen LogP contribution in [0.4, 0.5) is 0 Å². The number of hydrogen-bond donors (Lipinski definition) is 1. The van der Waals surface area contributed by atoms with Gasteiger partial charge in [-0.2, -0.15) is 0 Å². The summed E-state index contributed by atoms with van der Waals surface area (Å²) < 4.78 is 0. The molecule has 0 aromatic heterocycles. The molecule has 6 atom stereocenters. The van der Waals surface area contributed by atoms with Crippen LogP contribution in [0, 0.1) is 29.1 Å². The van der Waals surface area contributed by atoms with E-state index in [1.54, 1.807) is 0 Å². The Balaban J connectivity index is 1.86. The first-order chi connectivity index (χ1) is 8.52. The summed E-state index contributed by atoms with van der Waals surface area (Å²) in [6, 6.07) is 0. The maximum absolute atomic E-state index is 12.4. The molecule has 0 heterocycles. The van der Waals surface area contributed by atoms with Crippen molar-refractivity contribution in [1.82, 2.24) is 0 Å². The normalized spacial score (nSPS) is 52.6. The van der Waals surface area contributed by atoms with Crippen molar-refractivity contribution in [2.24, 2.45) is 29.1 Å². The first-order valence-electron chi connectivity index (χ1n) is 7.74. The third kappa shape index (κ3) is 1.76. The summed E-state index contributed by atoms with van der Waals surface area (Å²) in [6.45, 7) is 4.52. The molecule has 1 N–H and O–H groups in total. The minimum atomic E-state index is -0.0853. The number of rotatable bonds is 0. The van der Waals surface area contributed by atoms with Crippen LogP contribution in [0.3, 0.4) is 0 Å². The molecule has 3 aliphatic rings. The molecule has 18 heavy (non-hydrogen) atoms. The molecular formula is C16H26O2. The minimum absolute atomic E-state index is 0.0853. The highest BCUT2D eigenvalue weighted by molar-refractivity contribution is 5.84. The third-order valence-electron chi connectivity index (χ3n) is 6.43. The number of Topliss-reactive ketones (excluding diaryl/α,β-unsaturated/α-hetero) is 1. The molecule has 0 saturated heterocycles. The predicted molar refractivity (Wildman–Crippen MR) is 71.1 cm³/mol. The molecule has 2 nitrogen and oxygen atoms in total. The smallest absolute Gasteiger partial charge is 0.139 e. The highest BCUT2D eigenvalue weighted by Gasteiger charge is 2.53. The molecule has 0 aromatic carbocycles. The van der Waals surface area contributed by atoms with Crippen LogP contribution >= 0.6 is 0 Å². The fraction of sp³-hybridized carbons (Fsp3) is 0.938. The van der Waals surface area contributed by atoms with E-state index in [1.807, 2.05) is 0 Å². The lowest BCUT2D eigenvalue weighted by atomic mass is 9.48. The van der Waals surface area contributed by atoms with Gasteiger partial charge in [-0.3, -0.25) is 4.79 Å². The van der Waals surface area contributed by atoms with Crippen LogP contribution in [-0.4, -0.2) is 17.0 Å². The Labute approximate surface area is 110 Å². The average Bonchev–Trinajstić information content (AvgIpc) is 2.34. The van der Waals surface area contributed by atoms with E-state index >= 15 is 0 Å². The van der Waals surface area contributed by atoms with Gasteiger partial charge in [-0.1, -0.05) is 13.8 Å². The predicted octanol–water partition coefficient (Wildman–Crippen LogP) is 3.18. The van der Waals surface area contributed by atoms with Crippen molar-refractivity contribution in [2.75, 3.05) is 0 Å². The van der Waals surface area contributed by atoms with Crippen LogP contribution < -0.4 is 0 Å². The number of carbonyl (C=O) groups is 1. The lowest BCUT2D eigenvalue weighted by Crippen LogP contribution is -2.52. The van der Waals surface area contributed by atoms with Crippen molar-refractivity contribution in [2.45, 2.75) is 64.9 Å². The first kappa shape index (κ1) is 12.7. The number of ketones is 1. The largest absolute Gasteiger partial charge is 0.393 e. The van der Waals surface area contributed by atoms with Gasteiger partial charge < -0.3 is 5.11 Å². The second-order valence-electron chi connectivity index (χ2n) is 7.30. The summed E-state index contributed by atoms with van der Waals surface area (Å²) in [5.74, 6) is 2.43. The molecule has 0 spiro atoms. The summed E-state index contributed by atoms with van der Waals surface area (Å²) >= 11 is 0. The Morgan fingerprint density at radius 2 is 1.94 bits per heavy atom. The zero-order chi connectivity index (χ0) is 12.9. The molecule has 3 saturated carbocycles. The SMILES string of the molecule is C[C@@H]1CC[C@@H]2[C@H](CC[C@@H]3C[C@@H](O)CC[C@@]32C)C1=O. The maximum Gasteiger partial charge on any atom is 0.139 e. The summed E-state index contributed by atoms with van der Waals surface area (Å²) in [5.41, 5.74) is 0.331. The molecule has 3 aliphatic carbocycles. The van der Waals surface area contributed by atoms with Gasteiger partial charge >= 0.3 is 0 Å². The van der Waals surface area contributed by atoms with Crippen LogP contribution in [0.1, 0.15) is 58.8 Å². The Hall–Kier alpha value is -0.370. The van der Waals surface area contributed by atoms with Gasteiger partial charge in [0.2, 0.25) is 0 Å². The topological polar surface area (TPSA) is 37.3 Å². The van der Waals surface area contributed by atoms with Gasteiger partial charge in [-0.25, -0.2) is 0 Å². The van der Waals surface area contributed by atoms with Gasteiger partial charge in [0.15, 0.2) is 0 Å². The van der Waals surface area contributed by atoms with Crippen LogP contribution in [0.15, 0.2) is 0 Å². The Bertz CT molecular complexity index is 351. The lowest BCUT2D eigenvalue weighted by molar-refractivity contribution is -0.144. The fourth-order valence-corrected chi connectivity index (χ4v) is 5.18. The molecule has 2 heteroatoms. The Morgan fingerprint density at radius 3 is 2.72 bits per heavy atom.